The van der Waals surface area contributed by atoms with Crippen molar-refractivity contribution in [3.05, 3.63) is 41.9 Å². The average molecular weight is 407 g/mol. The summed E-state index contributed by atoms with van der Waals surface area (Å²) in [4.78, 5) is 5.93. The Morgan fingerprint density at radius 1 is 1.32 bits per heavy atom. The Labute approximate surface area is 137 Å². The highest BCUT2D eigenvalue weighted by molar-refractivity contribution is 14.1. The van der Waals surface area contributed by atoms with Gasteiger partial charge in [0.2, 0.25) is 0 Å². The second kappa shape index (κ2) is 6.99. The van der Waals surface area contributed by atoms with Gasteiger partial charge in [-0.25, -0.2) is 4.98 Å². The van der Waals surface area contributed by atoms with E-state index in [4.69, 9.17) is 16.6 Å². The van der Waals surface area contributed by atoms with Crippen LogP contribution in [0.5, 0.6) is 0 Å². The van der Waals surface area contributed by atoms with Crippen LogP contribution in [0.4, 0.5) is 0 Å². The molecule has 19 heavy (non-hydrogen) atoms. The van der Waals surface area contributed by atoms with E-state index in [1.54, 1.807) is 11.8 Å². The quantitative estimate of drug-likeness (QED) is 0.496. The normalized spacial score (nSPS) is 11.2. The van der Waals surface area contributed by atoms with Crippen LogP contribution in [-0.2, 0) is 10.4 Å². The number of imidazole rings is 1. The molecule has 0 saturated carbocycles. The Morgan fingerprint density at radius 2 is 2.00 bits per heavy atom. The number of rotatable bonds is 5. The number of hydrogen-bond acceptors (Lipinski definition) is 2. The van der Waals surface area contributed by atoms with Crippen molar-refractivity contribution in [3.63, 3.8) is 0 Å². The lowest BCUT2D eigenvalue weighted by Crippen LogP contribution is -1.99. The van der Waals surface area contributed by atoms with Crippen molar-refractivity contribution in [1.29, 1.82) is 0 Å². The first-order chi connectivity index (χ1) is 9.17. The van der Waals surface area contributed by atoms with Crippen LogP contribution >= 0.6 is 46.0 Å². The van der Waals surface area contributed by atoms with Crippen molar-refractivity contribution in [2.45, 2.75) is 40.1 Å². The molecule has 0 bridgehead atoms. The molecule has 0 aliphatic heterocycles. The monoisotopic (exact) mass is 406 g/mol. The molecule has 0 unspecified atom stereocenters. The fraction of sp³-hybridized carbons (Fsp3) is 0.357. The molecule has 2 rings (SSSR count). The van der Waals surface area contributed by atoms with Crippen molar-refractivity contribution in [1.82, 2.24) is 9.55 Å². The maximum absolute atomic E-state index is 6.01. The highest BCUT2D eigenvalue weighted by Gasteiger charge is 2.19. The molecule has 102 valence electrons. The molecule has 1 aromatic heterocycles. The van der Waals surface area contributed by atoms with Gasteiger partial charge in [-0.15, -0.1) is 11.6 Å². The van der Waals surface area contributed by atoms with Crippen LogP contribution in [-0.4, -0.2) is 9.55 Å². The third-order valence-electron chi connectivity index (χ3n) is 2.77. The zero-order valence-corrected chi connectivity index (χ0v) is 14.7. The summed E-state index contributed by atoms with van der Waals surface area (Å²) in [6, 6.07) is 10.4. The Kier molecular flexibility index (Phi) is 5.59. The van der Waals surface area contributed by atoms with Crippen LogP contribution < -0.4 is 0 Å². The summed E-state index contributed by atoms with van der Waals surface area (Å²) in [6.07, 6.45) is 0. The van der Waals surface area contributed by atoms with Crippen molar-refractivity contribution >= 4 is 46.0 Å². The molecule has 2 nitrogen and oxygen atoms in total. The van der Waals surface area contributed by atoms with Gasteiger partial charge in [0, 0.05) is 4.90 Å². The lowest BCUT2D eigenvalue weighted by molar-refractivity contribution is 0.751. The van der Waals surface area contributed by atoms with Gasteiger partial charge >= 0.3 is 0 Å². The van der Waals surface area contributed by atoms with Gasteiger partial charge in [-0.05, 0) is 18.1 Å². The molecule has 1 aromatic carbocycles. The zero-order valence-electron chi connectivity index (χ0n) is 10.9. The first kappa shape index (κ1) is 15.2. The van der Waals surface area contributed by atoms with Gasteiger partial charge in [0.25, 0.3) is 0 Å². The molecule has 0 aliphatic carbocycles. The summed E-state index contributed by atoms with van der Waals surface area (Å²) in [5, 5.41) is 1.21. The van der Waals surface area contributed by atoms with Crippen LogP contribution in [0.2, 0.25) is 0 Å². The van der Waals surface area contributed by atoms with Crippen molar-refractivity contribution in [3.8, 4) is 0 Å². The van der Waals surface area contributed by atoms with E-state index < -0.39 is 0 Å². The van der Waals surface area contributed by atoms with Crippen LogP contribution in [0, 0.1) is 0 Å². The summed E-state index contributed by atoms with van der Waals surface area (Å²) in [5.74, 6) is 1.81. The summed E-state index contributed by atoms with van der Waals surface area (Å²) >= 11 is 10.1. The Balaban J connectivity index is 2.44. The van der Waals surface area contributed by atoms with Crippen LogP contribution in [0.3, 0.4) is 0 Å². The van der Waals surface area contributed by atoms with Crippen molar-refractivity contribution in [2.24, 2.45) is 0 Å². The molecular formula is C14H16ClIN2S. The van der Waals surface area contributed by atoms with Gasteiger partial charge in [0.1, 0.15) is 10.9 Å². The second-order valence-electron chi connectivity index (χ2n) is 4.47. The maximum Gasteiger partial charge on any atom is 0.125 e. The third-order valence-corrected chi connectivity index (χ3v) is 4.82. The number of alkyl halides is 2. The van der Waals surface area contributed by atoms with E-state index in [-0.39, 0.29) is 0 Å². The molecular weight excluding hydrogens is 391 g/mol. The van der Waals surface area contributed by atoms with Gasteiger partial charge in [0.15, 0.2) is 0 Å². The summed E-state index contributed by atoms with van der Waals surface area (Å²) in [6.45, 7) is 4.35. The molecule has 5 heteroatoms. The number of hydrogen-bond donors (Lipinski definition) is 0. The molecule has 0 aliphatic rings. The number of halogens is 2. The van der Waals surface area contributed by atoms with E-state index in [1.807, 2.05) is 6.07 Å². The van der Waals surface area contributed by atoms with E-state index in [0.29, 0.717) is 11.8 Å². The Morgan fingerprint density at radius 3 is 2.53 bits per heavy atom. The molecule has 1 heterocycles. The second-order valence-corrected chi connectivity index (χ2v) is 6.48. The summed E-state index contributed by atoms with van der Waals surface area (Å²) < 4.78 is 3.08. The minimum atomic E-state index is 0.400. The van der Waals surface area contributed by atoms with Gasteiger partial charge in [0.05, 0.1) is 16.1 Å². The first-order valence-electron chi connectivity index (χ1n) is 6.11. The molecule has 2 aromatic rings. The predicted molar refractivity (Wildman–Crippen MR) is 90.5 cm³/mol. The molecule has 0 spiro atoms. The highest BCUT2D eigenvalue weighted by Crippen LogP contribution is 2.35. The molecule has 0 N–H and O–H groups in total. The minimum absolute atomic E-state index is 0.400. The van der Waals surface area contributed by atoms with E-state index in [1.165, 1.54) is 9.92 Å². The summed E-state index contributed by atoms with van der Waals surface area (Å²) in [7, 11) is 0. The summed E-state index contributed by atoms with van der Waals surface area (Å²) in [5.41, 5.74) is 1.14. The molecule has 0 fully saturated rings. The molecule has 0 saturated heterocycles. The fourth-order valence-electron chi connectivity index (χ4n) is 1.81. The molecule has 0 radical (unpaired) electrons. The van der Waals surface area contributed by atoms with Gasteiger partial charge < -0.3 is 4.57 Å². The van der Waals surface area contributed by atoms with Crippen molar-refractivity contribution in [2.75, 3.05) is 0 Å². The lowest BCUT2D eigenvalue weighted by Gasteiger charge is -2.10. The Bertz CT molecular complexity index is 540. The van der Waals surface area contributed by atoms with E-state index in [0.717, 1.165) is 16.1 Å². The SMILES string of the molecule is CC(C)c1nc(CCl)n(CI)c1Sc1ccccc1. The smallest absolute Gasteiger partial charge is 0.125 e. The van der Waals surface area contributed by atoms with E-state index in [9.17, 15) is 0 Å². The highest BCUT2D eigenvalue weighted by atomic mass is 127. The van der Waals surface area contributed by atoms with Crippen molar-refractivity contribution < 1.29 is 0 Å². The first-order valence-corrected chi connectivity index (χ1v) is 8.99. The van der Waals surface area contributed by atoms with Crippen LogP contribution in [0.25, 0.3) is 0 Å². The third kappa shape index (κ3) is 3.47. The molecule has 0 atom stereocenters. The van der Waals surface area contributed by atoms with Gasteiger partial charge in [-0.1, -0.05) is 66.4 Å². The van der Waals surface area contributed by atoms with E-state index >= 15 is 0 Å². The predicted octanol–water partition coefficient (Wildman–Crippen LogP) is 5.29. The van der Waals surface area contributed by atoms with Gasteiger partial charge in [-0.2, -0.15) is 0 Å². The molecule has 0 amide bonds. The number of aromatic nitrogens is 2. The van der Waals surface area contributed by atoms with Crippen LogP contribution in [0.1, 0.15) is 31.3 Å². The maximum atomic E-state index is 6.01. The number of nitrogens with zero attached hydrogens (tertiary/aromatic N) is 2. The largest absolute Gasteiger partial charge is 0.312 e. The van der Waals surface area contributed by atoms with Crippen LogP contribution in [0.15, 0.2) is 40.3 Å². The lowest BCUT2D eigenvalue weighted by atomic mass is 10.2. The Hall–Kier alpha value is -0.200. The average Bonchev–Trinajstić information content (AvgIpc) is 2.77. The zero-order chi connectivity index (χ0) is 13.8. The minimum Gasteiger partial charge on any atom is -0.312 e. The van der Waals surface area contributed by atoms with Gasteiger partial charge in [-0.3, -0.25) is 0 Å². The topological polar surface area (TPSA) is 17.8 Å². The number of benzene rings is 1. The fourth-order valence-corrected chi connectivity index (χ4v) is 4.16. The standard InChI is InChI=1S/C14H16ClIN2S/c1-10(2)13-14(18(9-16)12(8-15)17-13)19-11-6-4-3-5-7-11/h3-7,10H,8-9H2,1-2H3. The van der Waals surface area contributed by atoms with E-state index in [2.05, 4.69) is 65.3 Å².